The van der Waals surface area contributed by atoms with Crippen LogP contribution in [-0.2, 0) is 25.6 Å². The molecular formula is C27H30N4O9. The van der Waals surface area contributed by atoms with Crippen LogP contribution in [0.3, 0.4) is 0 Å². The van der Waals surface area contributed by atoms with Crippen LogP contribution >= 0.6 is 0 Å². The fourth-order valence-corrected chi connectivity index (χ4v) is 6.73. The molecule has 2 fully saturated rings. The predicted octanol–water partition coefficient (Wildman–Crippen LogP) is -0.307. The van der Waals surface area contributed by atoms with E-state index in [1.165, 1.54) is 31.3 Å². The Balaban J connectivity index is 1.63. The van der Waals surface area contributed by atoms with Gasteiger partial charge in [-0.05, 0) is 38.1 Å². The first-order valence-electron chi connectivity index (χ1n) is 12.9. The molecule has 1 heterocycles. The molecule has 0 bridgehead atoms. The number of Topliss-reactive ketones (excluding diaryl/α,β-unsaturated/α-hetero) is 4. The highest BCUT2D eigenvalue weighted by molar-refractivity contribution is 6.32. The predicted molar refractivity (Wildman–Crippen MR) is 137 cm³/mol. The lowest BCUT2D eigenvalue weighted by molar-refractivity contribution is -0.196. The summed E-state index contributed by atoms with van der Waals surface area (Å²) in [5.41, 5.74) is 3.09. The monoisotopic (exact) mass is 554 g/mol. The zero-order chi connectivity index (χ0) is 29.4. The SMILES string of the molecule is CCc1coc(Nc2ccc3c(c2O)C(=O)C2C(=O)[C@@]4(O)C(=O)C(C(N)=O)C(=O)[C@H](N(C)C)[C@H]4[C@H](O)[C@H]2[C@@H]3C)n1. The molecule has 1 amide bonds. The van der Waals surface area contributed by atoms with Gasteiger partial charge in [-0.15, -0.1) is 0 Å². The van der Waals surface area contributed by atoms with Gasteiger partial charge in [0.2, 0.25) is 5.91 Å². The first kappa shape index (κ1) is 27.6. The number of carbonyl (C=O) groups excluding carboxylic acids is 5. The van der Waals surface area contributed by atoms with Crippen LogP contribution in [0.2, 0.25) is 0 Å². The minimum atomic E-state index is -3.05. The van der Waals surface area contributed by atoms with Gasteiger partial charge >= 0.3 is 0 Å². The fraction of sp³-hybridized carbons (Fsp3) is 0.481. The van der Waals surface area contributed by atoms with Crippen molar-refractivity contribution in [2.75, 3.05) is 19.4 Å². The number of likely N-dealkylation sites (N-methyl/N-ethyl adjacent to an activating group) is 1. The van der Waals surface area contributed by atoms with Gasteiger partial charge in [0, 0.05) is 5.92 Å². The summed E-state index contributed by atoms with van der Waals surface area (Å²) in [4.78, 5) is 72.1. The Morgan fingerprint density at radius 3 is 2.45 bits per heavy atom. The number of aromatic nitrogens is 1. The highest BCUT2D eigenvalue weighted by atomic mass is 16.4. The molecule has 5 rings (SSSR count). The largest absolute Gasteiger partial charge is 0.505 e. The van der Waals surface area contributed by atoms with E-state index >= 15 is 0 Å². The third-order valence-electron chi connectivity index (χ3n) is 8.65. The molecule has 0 saturated heterocycles. The number of phenolic OH excluding ortho intramolecular Hbond substituents is 1. The second kappa shape index (κ2) is 9.32. The van der Waals surface area contributed by atoms with E-state index in [4.69, 9.17) is 10.2 Å². The number of rotatable bonds is 5. The second-order valence-electron chi connectivity index (χ2n) is 10.9. The van der Waals surface area contributed by atoms with Gasteiger partial charge in [0.05, 0.1) is 40.9 Å². The van der Waals surface area contributed by atoms with Crippen molar-refractivity contribution in [1.29, 1.82) is 0 Å². The third-order valence-corrected chi connectivity index (χ3v) is 8.65. The number of ketones is 4. The summed E-state index contributed by atoms with van der Waals surface area (Å²) in [6.45, 7) is 3.52. The van der Waals surface area contributed by atoms with Crippen LogP contribution in [0.25, 0.3) is 0 Å². The maximum Gasteiger partial charge on any atom is 0.299 e. The Kier molecular flexibility index (Phi) is 6.44. The van der Waals surface area contributed by atoms with Crippen molar-refractivity contribution in [3.05, 3.63) is 35.2 Å². The molecule has 2 unspecified atom stereocenters. The zero-order valence-electron chi connectivity index (χ0n) is 22.2. The van der Waals surface area contributed by atoms with Crippen LogP contribution in [0.4, 0.5) is 11.7 Å². The molecule has 1 aromatic heterocycles. The lowest BCUT2D eigenvalue weighted by atomic mass is 9.49. The van der Waals surface area contributed by atoms with Gasteiger partial charge in [-0.1, -0.05) is 19.9 Å². The van der Waals surface area contributed by atoms with Crippen molar-refractivity contribution in [3.8, 4) is 5.75 Å². The zero-order valence-corrected chi connectivity index (χ0v) is 22.2. The van der Waals surface area contributed by atoms with E-state index in [0.717, 1.165) is 0 Å². The average molecular weight is 555 g/mol. The van der Waals surface area contributed by atoms with Gasteiger partial charge in [0.1, 0.15) is 12.0 Å². The van der Waals surface area contributed by atoms with E-state index in [2.05, 4.69) is 10.3 Å². The quantitative estimate of drug-likeness (QED) is 0.238. The number of nitrogens with zero attached hydrogens (tertiary/aromatic N) is 2. The average Bonchev–Trinajstić information content (AvgIpc) is 3.34. The number of fused-ring (bicyclic) bond motifs is 3. The van der Waals surface area contributed by atoms with Crippen LogP contribution < -0.4 is 11.1 Å². The highest BCUT2D eigenvalue weighted by Gasteiger charge is 2.72. The van der Waals surface area contributed by atoms with Crippen LogP contribution in [0, 0.1) is 23.7 Å². The minimum absolute atomic E-state index is 0.0588. The lowest BCUT2D eigenvalue weighted by Gasteiger charge is -2.56. The number of carbonyl (C=O) groups is 5. The number of nitrogens with two attached hydrogens (primary N) is 1. The first-order valence-corrected chi connectivity index (χ1v) is 12.9. The van der Waals surface area contributed by atoms with Gasteiger partial charge in [0.25, 0.3) is 6.01 Å². The number of aliphatic hydroxyl groups is 2. The number of primary amides is 1. The number of anilines is 2. The van der Waals surface area contributed by atoms with Gasteiger partial charge in [-0.2, -0.15) is 4.98 Å². The summed E-state index contributed by atoms with van der Waals surface area (Å²) in [5.74, 6) is -13.8. The number of amides is 1. The van der Waals surface area contributed by atoms with E-state index < -0.39 is 82.1 Å². The molecule has 3 aliphatic carbocycles. The first-order chi connectivity index (χ1) is 18.8. The number of nitrogens with one attached hydrogen (secondary N) is 1. The summed E-state index contributed by atoms with van der Waals surface area (Å²) in [6, 6.07) is 1.70. The fourth-order valence-electron chi connectivity index (χ4n) is 6.73. The van der Waals surface area contributed by atoms with Crippen molar-refractivity contribution in [2.24, 2.45) is 29.4 Å². The lowest BCUT2D eigenvalue weighted by Crippen LogP contribution is -2.77. The highest BCUT2D eigenvalue weighted by Crippen LogP contribution is 2.55. The summed E-state index contributed by atoms with van der Waals surface area (Å²) in [6.07, 6.45) is 0.347. The number of hydrogen-bond donors (Lipinski definition) is 5. The van der Waals surface area contributed by atoms with Gasteiger partial charge in [-0.25, -0.2) is 0 Å². The van der Waals surface area contributed by atoms with Crippen molar-refractivity contribution >= 4 is 40.7 Å². The maximum absolute atomic E-state index is 14.0. The Hall–Kier alpha value is -3.94. The molecule has 13 nitrogen and oxygen atoms in total. The number of hydrogen-bond acceptors (Lipinski definition) is 12. The molecule has 2 aromatic rings. The van der Waals surface area contributed by atoms with E-state index in [1.54, 1.807) is 13.0 Å². The maximum atomic E-state index is 14.0. The van der Waals surface area contributed by atoms with Gasteiger partial charge in [0.15, 0.2) is 34.7 Å². The molecule has 40 heavy (non-hydrogen) atoms. The molecule has 1 aromatic carbocycles. The summed E-state index contributed by atoms with van der Waals surface area (Å²) < 4.78 is 5.33. The third kappa shape index (κ3) is 3.57. The number of phenols is 1. The van der Waals surface area contributed by atoms with Crippen LogP contribution in [0.1, 0.15) is 41.4 Å². The molecule has 3 aliphatic rings. The van der Waals surface area contributed by atoms with Crippen LogP contribution in [-0.4, -0.2) is 86.1 Å². The number of aryl methyl sites for hydroxylation is 1. The summed E-state index contributed by atoms with van der Waals surface area (Å²) in [5, 5.41) is 37.2. The molecule has 8 atom stereocenters. The van der Waals surface area contributed by atoms with Gasteiger partial charge in [-0.3, -0.25) is 28.9 Å². The molecule has 13 heteroatoms. The second-order valence-corrected chi connectivity index (χ2v) is 10.9. The number of benzene rings is 1. The van der Waals surface area contributed by atoms with Crippen molar-refractivity contribution in [1.82, 2.24) is 9.88 Å². The Bertz CT molecular complexity index is 1470. The minimum Gasteiger partial charge on any atom is -0.505 e. The van der Waals surface area contributed by atoms with Crippen molar-refractivity contribution in [2.45, 2.75) is 43.9 Å². The van der Waals surface area contributed by atoms with E-state index in [9.17, 15) is 39.3 Å². The topological polar surface area (TPSA) is 213 Å². The number of aliphatic hydroxyl groups excluding tert-OH is 1. The van der Waals surface area contributed by atoms with Crippen molar-refractivity contribution in [3.63, 3.8) is 0 Å². The Morgan fingerprint density at radius 2 is 1.88 bits per heavy atom. The van der Waals surface area contributed by atoms with E-state index in [0.29, 0.717) is 17.7 Å². The van der Waals surface area contributed by atoms with Crippen LogP contribution in [0.15, 0.2) is 22.8 Å². The molecular weight excluding hydrogens is 524 g/mol. The molecule has 6 N–H and O–H groups in total. The van der Waals surface area contributed by atoms with Crippen molar-refractivity contribution < 1.29 is 43.7 Å². The smallest absolute Gasteiger partial charge is 0.299 e. The molecule has 0 radical (unpaired) electrons. The number of aromatic hydroxyl groups is 1. The standard InChI is InChI=1S/C27H30N4O9/c1-5-10-8-40-26(29-10)30-12-7-6-11-9(2)13-15(20(33)14(11)19(12)32)23(36)27(39)17(21(13)34)18(31(3)4)22(35)16(24(27)37)25(28)38/h6-9,13,15-18,21,32,34,39H,5H2,1-4H3,(H2,28,38)(H,29,30)/t9-,13+,15?,16?,17+,18-,21-,27-/m1/s1. The normalized spacial score (nSPS) is 33.4. The molecule has 2 saturated carbocycles. The molecule has 0 aliphatic heterocycles. The Labute approximate surface area is 228 Å². The molecule has 0 spiro atoms. The van der Waals surface area contributed by atoms with E-state index in [1.807, 2.05) is 6.92 Å². The Morgan fingerprint density at radius 1 is 1.20 bits per heavy atom. The number of oxazole rings is 1. The summed E-state index contributed by atoms with van der Waals surface area (Å²) >= 11 is 0. The summed E-state index contributed by atoms with van der Waals surface area (Å²) in [7, 11) is 2.88. The molecule has 212 valence electrons. The van der Waals surface area contributed by atoms with E-state index in [-0.39, 0.29) is 17.3 Å². The van der Waals surface area contributed by atoms with Gasteiger partial charge < -0.3 is 30.8 Å². The van der Waals surface area contributed by atoms with Crippen LogP contribution in [0.5, 0.6) is 5.75 Å².